The quantitative estimate of drug-likeness (QED) is 0.911. The second kappa shape index (κ2) is 6.72. The number of fused-ring (bicyclic) bond motifs is 3. The van der Waals surface area contributed by atoms with Gasteiger partial charge in [0.15, 0.2) is 0 Å². The van der Waals surface area contributed by atoms with Crippen LogP contribution in [0, 0.1) is 0 Å². The lowest BCUT2D eigenvalue weighted by atomic mass is 10.1. The molecule has 136 valence electrons. The molecule has 8 nitrogen and oxygen atoms in total. The summed E-state index contributed by atoms with van der Waals surface area (Å²) in [6.07, 6.45) is 0.577. The summed E-state index contributed by atoms with van der Waals surface area (Å²) in [6.45, 7) is 1.63. The molecule has 2 amide bonds. The lowest BCUT2D eigenvalue weighted by Gasteiger charge is -2.17. The topological polar surface area (TPSA) is 82.0 Å². The minimum atomic E-state index is -0.551. The Kier molecular flexibility index (Phi) is 4.26. The molecule has 1 fully saturated rings. The van der Waals surface area contributed by atoms with Gasteiger partial charge in [-0.25, -0.2) is 9.59 Å². The van der Waals surface area contributed by atoms with Gasteiger partial charge in [0.1, 0.15) is 6.10 Å². The third-order valence-electron chi connectivity index (χ3n) is 4.51. The van der Waals surface area contributed by atoms with Crippen LogP contribution in [-0.2, 0) is 27.4 Å². The van der Waals surface area contributed by atoms with Gasteiger partial charge in [0, 0.05) is 23.1 Å². The molecular weight excluding hydrogens is 338 g/mol. The maximum atomic E-state index is 12.3. The fourth-order valence-electron chi connectivity index (χ4n) is 3.21. The Balaban J connectivity index is 1.56. The highest BCUT2D eigenvalue weighted by Gasteiger charge is 2.33. The number of aromatic nitrogens is 1. The summed E-state index contributed by atoms with van der Waals surface area (Å²) >= 11 is 0. The van der Waals surface area contributed by atoms with Crippen LogP contribution in [0.5, 0.6) is 0 Å². The Bertz CT molecular complexity index is 847. The van der Waals surface area contributed by atoms with Crippen molar-refractivity contribution >= 4 is 17.9 Å². The predicted octanol–water partition coefficient (Wildman–Crippen LogP) is 2.19. The first kappa shape index (κ1) is 16.5. The highest BCUT2D eigenvalue weighted by atomic mass is 16.6. The van der Waals surface area contributed by atoms with Gasteiger partial charge in [0.2, 0.25) is 0 Å². The van der Waals surface area contributed by atoms with Gasteiger partial charge in [-0.1, -0.05) is 6.07 Å². The van der Waals surface area contributed by atoms with Crippen LogP contribution >= 0.6 is 0 Å². The van der Waals surface area contributed by atoms with Gasteiger partial charge in [-0.15, -0.1) is 0 Å². The zero-order valence-electron chi connectivity index (χ0n) is 14.3. The molecule has 3 heterocycles. The van der Waals surface area contributed by atoms with Gasteiger partial charge in [-0.3, -0.25) is 4.90 Å². The third-order valence-corrected chi connectivity index (χ3v) is 4.51. The van der Waals surface area contributed by atoms with Gasteiger partial charge >= 0.3 is 12.2 Å². The summed E-state index contributed by atoms with van der Waals surface area (Å²) in [5.41, 5.74) is 3.85. The molecule has 0 unspecified atom stereocenters. The van der Waals surface area contributed by atoms with Gasteiger partial charge in [-0.05, 0) is 24.3 Å². The first-order valence-electron chi connectivity index (χ1n) is 8.33. The number of methoxy groups -OCH3 is 1. The number of nitrogens with zero attached hydrogens (tertiary/aromatic N) is 2. The molecule has 1 aromatic heterocycles. The first-order chi connectivity index (χ1) is 12.7. The van der Waals surface area contributed by atoms with Crippen LogP contribution in [0.25, 0.3) is 5.69 Å². The van der Waals surface area contributed by atoms with Crippen molar-refractivity contribution in [2.24, 2.45) is 0 Å². The van der Waals surface area contributed by atoms with Crippen molar-refractivity contribution in [2.45, 2.75) is 19.3 Å². The highest BCUT2D eigenvalue weighted by molar-refractivity contribution is 5.90. The highest BCUT2D eigenvalue weighted by Crippen LogP contribution is 2.29. The van der Waals surface area contributed by atoms with Crippen molar-refractivity contribution < 1.29 is 23.8 Å². The maximum Gasteiger partial charge on any atom is 0.414 e. The number of carbonyl (C=O) groups excluding carboxylic acids is 2. The van der Waals surface area contributed by atoms with Crippen LogP contribution < -0.4 is 10.2 Å². The SMILES string of the molecule is COC(=O)NC[C@H]1CN(c2ccc3c(c2)-n2cccc2COC3)C(=O)O1. The Labute approximate surface area is 150 Å². The van der Waals surface area contributed by atoms with Crippen molar-refractivity contribution in [3.63, 3.8) is 0 Å². The summed E-state index contributed by atoms with van der Waals surface area (Å²) in [5.74, 6) is 0. The monoisotopic (exact) mass is 357 g/mol. The Morgan fingerprint density at radius 3 is 3.08 bits per heavy atom. The van der Waals surface area contributed by atoms with Gasteiger partial charge in [0.05, 0.1) is 39.1 Å². The molecule has 2 aliphatic rings. The fraction of sp³-hybridized carbons (Fsp3) is 0.333. The zero-order valence-corrected chi connectivity index (χ0v) is 14.3. The van der Waals surface area contributed by atoms with E-state index in [4.69, 9.17) is 9.47 Å². The molecule has 8 heteroatoms. The number of nitrogens with one attached hydrogen (secondary N) is 1. The molecule has 1 saturated heterocycles. The lowest BCUT2D eigenvalue weighted by molar-refractivity contribution is 0.108. The largest absolute Gasteiger partial charge is 0.453 e. The summed E-state index contributed by atoms with van der Waals surface area (Å²) in [6, 6.07) is 9.80. The standard InChI is InChI=1S/C18H19N3O5/c1-24-17(22)19-8-15-9-21(18(23)26-15)13-5-4-12-10-25-11-14-3-2-6-20(14)16(12)7-13/h2-7,15H,8-11H2,1H3,(H,19,22)/t15-/m0/s1. The van der Waals surface area contributed by atoms with E-state index in [0.29, 0.717) is 19.8 Å². The summed E-state index contributed by atoms with van der Waals surface area (Å²) in [4.78, 5) is 25.0. The van der Waals surface area contributed by atoms with Crippen LogP contribution in [0.4, 0.5) is 15.3 Å². The zero-order chi connectivity index (χ0) is 18.1. The molecule has 1 N–H and O–H groups in total. The van der Waals surface area contributed by atoms with Crippen LogP contribution in [0.3, 0.4) is 0 Å². The average molecular weight is 357 g/mol. The second-order valence-electron chi connectivity index (χ2n) is 6.16. The Morgan fingerprint density at radius 2 is 2.23 bits per heavy atom. The molecule has 0 bridgehead atoms. The van der Waals surface area contributed by atoms with E-state index in [2.05, 4.69) is 14.6 Å². The van der Waals surface area contributed by atoms with Crippen LogP contribution in [-0.4, -0.2) is 43.1 Å². The normalized spacial score (nSPS) is 18.6. The minimum Gasteiger partial charge on any atom is -0.453 e. The van der Waals surface area contributed by atoms with E-state index in [9.17, 15) is 9.59 Å². The molecule has 0 saturated carbocycles. The van der Waals surface area contributed by atoms with Crippen molar-refractivity contribution in [3.8, 4) is 5.69 Å². The Morgan fingerprint density at radius 1 is 1.35 bits per heavy atom. The van der Waals surface area contributed by atoms with Gasteiger partial charge in [-0.2, -0.15) is 0 Å². The number of hydrogen-bond donors (Lipinski definition) is 1. The summed E-state index contributed by atoms with van der Waals surface area (Å²) in [5, 5.41) is 2.55. The molecule has 2 aliphatic heterocycles. The number of hydrogen-bond acceptors (Lipinski definition) is 5. The van der Waals surface area contributed by atoms with Gasteiger partial charge < -0.3 is 24.1 Å². The Hall–Kier alpha value is -3.00. The molecular formula is C18H19N3O5. The van der Waals surface area contributed by atoms with Crippen molar-refractivity contribution in [1.29, 1.82) is 0 Å². The van der Waals surface area contributed by atoms with Crippen LogP contribution in [0.15, 0.2) is 36.5 Å². The molecule has 2 aromatic rings. The number of carbonyl (C=O) groups is 2. The molecule has 0 aliphatic carbocycles. The second-order valence-corrected chi connectivity index (χ2v) is 6.16. The number of rotatable bonds is 3. The first-order valence-corrected chi connectivity index (χ1v) is 8.33. The van der Waals surface area contributed by atoms with E-state index < -0.39 is 18.3 Å². The molecule has 1 atom stereocenters. The van der Waals surface area contributed by atoms with Gasteiger partial charge in [0.25, 0.3) is 0 Å². The fourth-order valence-corrected chi connectivity index (χ4v) is 3.21. The van der Waals surface area contributed by atoms with E-state index in [1.165, 1.54) is 7.11 Å². The maximum absolute atomic E-state index is 12.3. The third kappa shape index (κ3) is 2.99. The average Bonchev–Trinajstić information content (AvgIpc) is 3.22. The van der Waals surface area contributed by atoms with Crippen LogP contribution in [0.2, 0.25) is 0 Å². The molecule has 1 aromatic carbocycles. The summed E-state index contributed by atoms with van der Waals surface area (Å²) in [7, 11) is 1.29. The summed E-state index contributed by atoms with van der Waals surface area (Å²) < 4.78 is 17.6. The van der Waals surface area contributed by atoms with Crippen molar-refractivity contribution in [1.82, 2.24) is 9.88 Å². The number of anilines is 1. The molecule has 4 rings (SSSR count). The lowest BCUT2D eigenvalue weighted by Crippen LogP contribution is -2.34. The van der Waals surface area contributed by atoms with Crippen molar-refractivity contribution in [3.05, 3.63) is 47.8 Å². The van der Waals surface area contributed by atoms with Crippen LogP contribution in [0.1, 0.15) is 11.3 Å². The van der Waals surface area contributed by atoms with E-state index in [1.807, 2.05) is 36.5 Å². The van der Waals surface area contributed by atoms with E-state index in [1.54, 1.807) is 4.90 Å². The number of cyclic esters (lactones) is 1. The molecule has 26 heavy (non-hydrogen) atoms. The smallest absolute Gasteiger partial charge is 0.414 e. The van der Waals surface area contributed by atoms with E-state index >= 15 is 0 Å². The number of amides is 2. The molecule has 0 spiro atoms. The van der Waals surface area contributed by atoms with E-state index in [0.717, 1.165) is 22.6 Å². The predicted molar refractivity (Wildman–Crippen MR) is 92.3 cm³/mol. The van der Waals surface area contributed by atoms with E-state index in [-0.39, 0.29) is 6.54 Å². The number of ether oxygens (including phenoxy) is 3. The minimum absolute atomic E-state index is 0.204. The molecule has 0 radical (unpaired) electrons. The number of benzene rings is 1. The number of alkyl carbamates (subject to hydrolysis) is 1. The van der Waals surface area contributed by atoms with Crippen molar-refractivity contribution in [2.75, 3.05) is 25.1 Å².